The first-order valence-electron chi connectivity index (χ1n) is 6.94. The Balaban J connectivity index is 1.62. The maximum atomic E-state index is 12.7. The van der Waals surface area contributed by atoms with E-state index in [-0.39, 0.29) is 5.78 Å². The lowest BCUT2D eigenvalue weighted by Gasteiger charge is -1.98. The van der Waals surface area contributed by atoms with Gasteiger partial charge in [0.25, 0.3) is 11.3 Å². The number of nitrogens with zero attached hydrogens (tertiary/aromatic N) is 4. The Labute approximate surface area is 145 Å². The maximum Gasteiger partial charge on any atom is 0.451 e. The monoisotopic (exact) mass is 383 g/mol. The Morgan fingerprint density at radius 3 is 2.76 bits per heavy atom. The lowest BCUT2D eigenvalue weighted by Crippen LogP contribution is -2.16. The Bertz CT molecular complexity index is 1100. The van der Waals surface area contributed by atoms with Gasteiger partial charge in [0, 0.05) is 11.8 Å². The zero-order chi connectivity index (χ0) is 17.6. The van der Waals surface area contributed by atoms with Crippen LogP contribution in [-0.4, -0.2) is 24.6 Å². The molecule has 0 bridgehead atoms. The van der Waals surface area contributed by atoms with Crippen molar-refractivity contribution in [3.05, 3.63) is 52.2 Å². The van der Waals surface area contributed by atoms with Gasteiger partial charge in [-0.05, 0) is 12.1 Å². The first kappa shape index (κ1) is 16.1. The molecule has 0 aliphatic carbocycles. The molecule has 1 aromatic carbocycles. The Hall–Kier alpha value is -2.40. The Morgan fingerprint density at radius 2 is 2.00 bits per heavy atom. The summed E-state index contributed by atoms with van der Waals surface area (Å²) in [6, 6.07) is 8.85. The van der Waals surface area contributed by atoms with Crippen LogP contribution in [-0.2, 0) is 11.9 Å². The van der Waals surface area contributed by atoms with Crippen molar-refractivity contribution < 1.29 is 13.2 Å². The van der Waals surface area contributed by atoms with Crippen LogP contribution in [0.1, 0.15) is 11.5 Å². The van der Waals surface area contributed by atoms with Crippen molar-refractivity contribution in [1.29, 1.82) is 0 Å². The number of thiazole rings is 1. The van der Waals surface area contributed by atoms with Crippen LogP contribution in [0.2, 0.25) is 0 Å². The largest absolute Gasteiger partial charge is 0.451 e. The molecule has 3 aromatic heterocycles. The van der Waals surface area contributed by atoms with E-state index in [4.69, 9.17) is 0 Å². The summed E-state index contributed by atoms with van der Waals surface area (Å²) >= 11 is 2.87. The summed E-state index contributed by atoms with van der Waals surface area (Å²) in [5.74, 6) is -1.26. The number of halogens is 3. The number of alkyl halides is 3. The van der Waals surface area contributed by atoms with Crippen LogP contribution in [0.25, 0.3) is 16.0 Å². The predicted octanol–water partition coefficient (Wildman–Crippen LogP) is 3.34. The molecule has 0 saturated carbocycles. The molecule has 11 heteroatoms. The van der Waals surface area contributed by atoms with Crippen molar-refractivity contribution in [2.75, 3.05) is 0 Å². The standard InChI is InChI=1S/C14H8F3N5OS2/c15-14(16,17)11-20-12-18-7(5-10(23)22(12)21-11)6-24-13-19-8-3-1-2-4-9(8)25-13/h1-5H,6H2,(H,18,20,21). The lowest BCUT2D eigenvalue weighted by molar-refractivity contribution is -0.144. The second kappa shape index (κ2) is 5.85. The van der Waals surface area contributed by atoms with E-state index in [1.54, 1.807) is 0 Å². The Kier molecular flexibility index (Phi) is 3.76. The average Bonchev–Trinajstić information content (AvgIpc) is 3.16. The molecule has 1 N–H and O–H groups in total. The highest BCUT2D eigenvalue weighted by molar-refractivity contribution is 8.00. The third kappa shape index (κ3) is 3.12. The molecule has 0 saturated heterocycles. The van der Waals surface area contributed by atoms with E-state index in [9.17, 15) is 18.0 Å². The lowest BCUT2D eigenvalue weighted by atomic mass is 10.3. The number of fused-ring (bicyclic) bond motifs is 2. The van der Waals surface area contributed by atoms with Crippen molar-refractivity contribution in [3.8, 4) is 0 Å². The predicted molar refractivity (Wildman–Crippen MR) is 87.8 cm³/mol. The van der Waals surface area contributed by atoms with E-state index < -0.39 is 17.6 Å². The van der Waals surface area contributed by atoms with Gasteiger partial charge < -0.3 is 0 Å². The van der Waals surface area contributed by atoms with Gasteiger partial charge in [-0.15, -0.1) is 11.3 Å². The molecule has 128 valence electrons. The summed E-state index contributed by atoms with van der Waals surface area (Å²) in [7, 11) is 0. The number of H-pyrrole nitrogens is 1. The molecular weight excluding hydrogens is 375 g/mol. The maximum absolute atomic E-state index is 12.7. The molecule has 4 aromatic rings. The molecule has 0 atom stereocenters. The summed E-state index contributed by atoms with van der Waals surface area (Å²) in [5, 5.41) is 1.91. The first-order chi connectivity index (χ1) is 11.9. The molecule has 0 aliphatic rings. The summed E-state index contributed by atoms with van der Waals surface area (Å²) in [6.45, 7) is 0. The summed E-state index contributed by atoms with van der Waals surface area (Å²) < 4.78 is 40.5. The van der Waals surface area contributed by atoms with Crippen LogP contribution < -0.4 is 5.56 Å². The second-order valence-electron chi connectivity index (χ2n) is 5.03. The number of para-hydroxylation sites is 1. The van der Waals surface area contributed by atoms with Gasteiger partial charge in [-0.3, -0.25) is 9.89 Å². The minimum atomic E-state index is -4.67. The van der Waals surface area contributed by atoms with Crippen LogP contribution in [0.3, 0.4) is 0 Å². The number of aromatic nitrogens is 5. The van der Waals surface area contributed by atoms with Gasteiger partial charge in [-0.2, -0.15) is 22.7 Å². The molecule has 3 heterocycles. The molecule has 4 rings (SSSR count). The van der Waals surface area contributed by atoms with Gasteiger partial charge in [-0.1, -0.05) is 23.9 Å². The van der Waals surface area contributed by atoms with E-state index in [0.29, 0.717) is 16.0 Å². The molecule has 6 nitrogen and oxygen atoms in total. The molecule has 0 aliphatic heterocycles. The average molecular weight is 383 g/mol. The van der Waals surface area contributed by atoms with Crippen molar-refractivity contribution in [1.82, 2.24) is 24.6 Å². The fourth-order valence-electron chi connectivity index (χ4n) is 2.18. The van der Waals surface area contributed by atoms with E-state index >= 15 is 0 Å². The van der Waals surface area contributed by atoms with Crippen LogP contribution in [0.5, 0.6) is 0 Å². The zero-order valence-electron chi connectivity index (χ0n) is 12.2. The van der Waals surface area contributed by atoms with Crippen molar-refractivity contribution in [2.45, 2.75) is 16.3 Å². The molecule has 25 heavy (non-hydrogen) atoms. The number of benzene rings is 1. The van der Waals surface area contributed by atoms with Gasteiger partial charge in [0.05, 0.1) is 15.9 Å². The number of hydrogen-bond acceptors (Lipinski definition) is 6. The highest BCUT2D eigenvalue weighted by Gasteiger charge is 2.35. The summed E-state index contributed by atoms with van der Waals surface area (Å²) in [4.78, 5) is 23.8. The van der Waals surface area contributed by atoms with Crippen molar-refractivity contribution in [2.24, 2.45) is 0 Å². The Morgan fingerprint density at radius 1 is 1.20 bits per heavy atom. The third-order valence-corrected chi connectivity index (χ3v) is 5.48. The van der Waals surface area contributed by atoms with E-state index in [1.807, 2.05) is 29.4 Å². The zero-order valence-corrected chi connectivity index (χ0v) is 13.9. The van der Waals surface area contributed by atoms with Crippen LogP contribution in [0.15, 0.2) is 39.5 Å². The molecule has 0 radical (unpaired) electrons. The van der Waals surface area contributed by atoms with Crippen LogP contribution in [0.4, 0.5) is 13.2 Å². The van der Waals surface area contributed by atoms with E-state index in [2.05, 4.69) is 15.0 Å². The fraction of sp³-hybridized carbons (Fsp3) is 0.143. The minimum absolute atomic E-state index is 0.305. The van der Waals surface area contributed by atoms with Gasteiger partial charge >= 0.3 is 6.18 Å². The normalized spacial score (nSPS) is 12.3. The van der Waals surface area contributed by atoms with Gasteiger partial charge in [0.2, 0.25) is 5.82 Å². The third-order valence-electron chi connectivity index (χ3n) is 3.27. The fourth-order valence-corrected chi connectivity index (χ4v) is 4.14. The highest BCUT2D eigenvalue weighted by Crippen LogP contribution is 2.31. The molecule has 0 spiro atoms. The van der Waals surface area contributed by atoms with E-state index in [1.165, 1.54) is 29.2 Å². The number of aromatic amines is 1. The van der Waals surface area contributed by atoms with Gasteiger partial charge in [0.1, 0.15) is 0 Å². The SMILES string of the molecule is O=c1cc(CSc2nc3ccccc3s2)nc2nc(C(F)(F)F)[nH]n12. The van der Waals surface area contributed by atoms with Crippen molar-refractivity contribution >= 4 is 39.1 Å². The molecular formula is C14H8F3N5OS2. The van der Waals surface area contributed by atoms with Gasteiger partial charge in [-0.25, -0.2) is 9.97 Å². The highest BCUT2D eigenvalue weighted by atomic mass is 32.2. The second-order valence-corrected chi connectivity index (χ2v) is 7.28. The number of hydrogen-bond donors (Lipinski definition) is 1. The van der Waals surface area contributed by atoms with Crippen LogP contribution in [0, 0.1) is 0 Å². The summed E-state index contributed by atoms with van der Waals surface area (Å²) in [5.41, 5.74) is 0.572. The van der Waals surface area contributed by atoms with Crippen LogP contribution >= 0.6 is 23.1 Å². The van der Waals surface area contributed by atoms with E-state index in [0.717, 1.165) is 14.6 Å². The quantitative estimate of drug-likeness (QED) is 0.549. The topological polar surface area (TPSA) is 75.9 Å². The van der Waals surface area contributed by atoms with Crippen molar-refractivity contribution in [3.63, 3.8) is 0 Å². The molecule has 0 unspecified atom stereocenters. The minimum Gasteiger partial charge on any atom is -0.267 e. The molecule has 0 fully saturated rings. The number of nitrogens with one attached hydrogen (secondary N) is 1. The number of rotatable bonds is 3. The molecule has 0 amide bonds. The number of thioether (sulfide) groups is 1. The van der Waals surface area contributed by atoms with Gasteiger partial charge in [0.15, 0.2) is 4.34 Å². The summed E-state index contributed by atoms with van der Waals surface area (Å²) in [6.07, 6.45) is -4.67. The first-order valence-corrected chi connectivity index (χ1v) is 8.74. The smallest absolute Gasteiger partial charge is 0.267 e.